The van der Waals surface area contributed by atoms with Gasteiger partial charge in [-0.1, -0.05) is 12.1 Å². The molecule has 2 aromatic carbocycles. The number of carbonyl (C=O) groups excluding carboxylic acids is 1. The molecule has 1 N–H and O–H groups in total. The van der Waals surface area contributed by atoms with Crippen LogP contribution in [-0.4, -0.2) is 38.4 Å². The van der Waals surface area contributed by atoms with Crippen LogP contribution in [-0.2, 0) is 11.2 Å². The van der Waals surface area contributed by atoms with Crippen molar-refractivity contribution in [3.63, 3.8) is 0 Å². The van der Waals surface area contributed by atoms with Gasteiger partial charge in [0.05, 0.1) is 25.5 Å². The van der Waals surface area contributed by atoms with Gasteiger partial charge in [0, 0.05) is 25.1 Å². The topological polar surface area (TPSA) is 68.2 Å². The Hall–Kier alpha value is -2.89. The maximum atomic E-state index is 12.4. The molecule has 0 amide bonds. The Labute approximate surface area is 164 Å². The summed E-state index contributed by atoms with van der Waals surface area (Å²) >= 11 is 0. The predicted molar refractivity (Wildman–Crippen MR) is 106 cm³/mol. The number of rotatable bonds is 5. The summed E-state index contributed by atoms with van der Waals surface area (Å²) in [5.41, 5.74) is 3.12. The summed E-state index contributed by atoms with van der Waals surface area (Å²) in [5, 5.41) is 10.5. The fraction of sp³-hybridized carbons (Fsp3) is 0.409. The van der Waals surface area contributed by atoms with Crippen molar-refractivity contribution in [2.24, 2.45) is 0 Å². The van der Waals surface area contributed by atoms with Gasteiger partial charge in [0.25, 0.3) is 0 Å². The van der Waals surface area contributed by atoms with Gasteiger partial charge >= 0.3 is 5.97 Å². The highest BCUT2D eigenvalue weighted by atomic mass is 16.5. The molecular weight excluding hydrogens is 358 g/mol. The van der Waals surface area contributed by atoms with Gasteiger partial charge in [0.15, 0.2) is 11.5 Å². The maximum absolute atomic E-state index is 12.4. The van der Waals surface area contributed by atoms with Gasteiger partial charge in [-0.3, -0.25) is 0 Å². The number of carbonyl (C=O) groups is 1. The molecule has 1 fully saturated rings. The highest BCUT2D eigenvalue weighted by Gasteiger charge is 2.34. The number of hydrogen-bond acceptors (Lipinski definition) is 6. The monoisotopic (exact) mass is 383 g/mol. The van der Waals surface area contributed by atoms with Gasteiger partial charge in [-0.05, 0) is 43.0 Å². The van der Waals surface area contributed by atoms with Crippen LogP contribution >= 0.6 is 0 Å². The number of cyclic esters (lactones) is 1. The lowest BCUT2D eigenvalue weighted by atomic mass is 9.96. The quantitative estimate of drug-likeness (QED) is 0.791. The number of benzene rings is 2. The van der Waals surface area contributed by atoms with Gasteiger partial charge in [-0.15, -0.1) is 0 Å². The smallest absolute Gasteiger partial charge is 0.339 e. The van der Waals surface area contributed by atoms with Crippen LogP contribution in [0.25, 0.3) is 0 Å². The zero-order valence-corrected chi connectivity index (χ0v) is 16.2. The summed E-state index contributed by atoms with van der Waals surface area (Å²) in [5.74, 6) is 0.985. The number of methoxy groups -OCH3 is 2. The Bertz CT molecular complexity index is 889. The van der Waals surface area contributed by atoms with Crippen LogP contribution in [0, 0.1) is 0 Å². The van der Waals surface area contributed by atoms with Gasteiger partial charge in [0.2, 0.25) is 0 Å². The minimum atomic E-state index is -0.423. The van der Waals surface area contributed by atoms with Crippen LogP contribution in [0.5, 0.6) is 17.2 Å². The molecule has 1 atom stereocenters. The molecule has 1 unspecified atom stereocenters. The zero-order chi connectivity index (χ0) is 19.7. The van der Waals surface area contributed by atoms with Crippen LogP contribution in [0.4, 0.5) is 5.69 Å². The molecule has 2 aliphatic heterocycles. The van der Waals surface area contributed by atoms with Gasteiger partial charge in [-0.25, -0.2) is 4.79 Å². The molecule has 1 saturated heterocycles. The molecule has 0 bridgehead atoms. The van der Waals surface area contributed by atoms with Crippen molar-refractivity contribution in [3.8, 4) is 17.2 Å². The maximum Gasteiger partial charge on any atom is 0.339 e. The van der Waals surface area contributed by atoms with E-state index >= 15 is 0 Å². The van der Waals surface area contributed by atoms with E-state index in [9.17, 15) is 9.90 Å². The molecule has 2 aromatic rings. The van der Waals surface area contributed by atoms with E-state index in [1.54, 1.807) is 26.4 Å². The fourth-order valence-corrected chi connectivity index (χ4v) is 4.17. The number of aromatic hydroxyl groups is 1. The second-order valence-corrected chi connectivity index (χ2v) is 7.23. The van der Waals surface area contributed by atoms with E-state index in [0.29, 0.717) is 23.5 Å². The van der Waals surface area contributed by atoms with E-state index in [4.69, 9.17) is 14.2 Å². The summed E-state index contributed by atoms with van der Waals surface area (Å²) in [6, 6.07) is 9.04. The minimum Gasteiger partial charge on any atom is -0.506 e. The van der Waals surface area contributed by atoms with E-state index in [1.807, 2.05) is 18.2 Å². The zero-order valence-electron chi connectivity index (χ0n) is 16.2. The first-order valence-electron chi connectivity index (χ1n) is 9.65. The number of piperidine rings is 1. The summed E-state index contributed by atoms with van der Waals surface area (Å²) in [7, 11) is 3.11. The third-order valence-corrected chi connectivity index (χ3v) is 5.55. The van der Waals surface area contributed by atoms with Crippen molar-refractivity contribution >= 4 is 11.7 Å². The molecule has 0 saturated carbocycles. The van der Waals surface area contributed by atoms with Crippen molar-refractivity contribution in [1.82, 2.24) is 0 Å². The molecule has 0 radical (unpaired) electrons. The Morgan fingerprint density at radius 2 is 1.82 bits per heavy atom. The molecule has 6 heteroatoms. The number of hydrogen-bond donors (Lipinski definition) is 1. The first-order valence-corrected chi connectivity index (χ1v) is 9.65. The SMILES string of the molecule is COc1cc2c(cc1OC)C(Cc1cccc(O)c1N1CCCCC1)OC2=O. The number of phenolic OH excluding ortho intramolecular Hbond substituents is 1. The first kappa shape index (κ1) is 18.5. The number of ether oxygens (including phenoxy) is 3. The van der Waals surface area contributed by atoms with E-state index in [1.165, 1.54) is 6.42 Å². The average Bonchev–Trinajstić information content (AvgIpc) is 3.02. The summed E-state index contributed by atoms with van der Waals surface area (Å²) in [6.07, 6.45) is 3.52. The molecule has 148 valence electrons. The summed E-state index contributed by atoms with van der Waals surface area (Å²) in [6.45, 7) is 1.85. The van der Waals surface area contributed by atoms with E-state index in [-0.39, 0.29) is 11.7 Å². The fourth-order valence-electron chi connectivity index (χ4n) is 4.17. The molecular formula is C22H25NO5. The minimum absolute atomic E-state index is 0.274. The Morgan fingerprint density at radius 1 is 1.11 bits per heavy atom. The third-order valence-electron chi connectivity index (χ3n) is 5.55. The van der Waals surface area contributed by atoms with Gasteiger partial charge in [-0.2, -0.15) is 0 Å². The van der Waals surface area contributed by atoms with Crippen molar-refractivity contribution < 1.29 is 24.1 Å². The summed E-state index contributed by atoms with van der Waals surface area (Å²) < 4.78 is 16.4. The van der Waals surface area contributed by atoms with Crippen LogP contribution in [0.15, 0.2) is 30.3 Å². The lowest BCUT2D eigenvalue weighted by molar-refractivity contribution is 0.0387. The van der Waals surface area contributed by atoms with Crippen LogP contribution in [0.3, 0.4) is 0 Å². The van der Waals surface area contributed by atoms with Crippen LogP contribution in [0.2, 0.25) is 0 Å². The molecule has 28 heavy (non-hydrogen) atoms. The number of anilines is 1. The highest BCUT2D eigenvalue weighted by molar-refractivity contribution is 5.95. The highest BCUT2D eigenvalue weighted by Crippen LogP contribution is 2.42. The van der Waals surface area contributed by atoms with Crippen molar-refractivity contribution in [3.05, 3.63) is 47.0 Å². The average molecular weight is 383 g/mol. The lowest BCUT2D eigenvalue weighted by Gasteiger charge is -2.31. The number of nitrogens with zero attached hydrogens (tertiary/aromatic N) is 1. The van der Waals surface area contributed by atoms with E-state index in [2.05, 4.69) is 4.90 Å². The lowest BCUT2D eigenvalue weighted by Crippen LogP contribution is -2.30. The molecule has 0 aromatic heterocycles. The Balaban J connectivity index is 1.68. The van der Waals surface area contributed by atoms with Crippen molar-refractivity contribution in [2.75, 3.05) is 32.2 Å². The predicted octanol–water partition coefficient (Wildman–Crippen LogP) is 3.85. The van der Waals surface area contributed by atoms with Crippen LogP contribution < -0.4 is 14.4 Å². The largest absolute Gasteiger partial charge is 0.506 e. The molecule has 4 rings (SSSR count). The molecule has 2 heterocycles. The van der Waals surface area contributed by atoms with Gasteiger partial charge in [0.1, 0.15) is 11.9 Å². The normalized spacial score (nSPS) is 18.6. The van der Waals surface area contributed by atoms with Crippen molar-refractivity contribution in [1.29, 1.82) is 0 Å². The Kier molecular flexibility index (Phi) is 5.03. The summed E-state index contributed by atoms with van der Waals surface area (Å²) in [4.78, 5) is 14.6. The molecule has 0 aliphatic carbocycles. The standard InChI is InChI=1S/C22H25NO5/c1-26-19-12-15-16(13-20(19)27-2)22(25)28-18(15)11-14-7-6-8-17(24)21(14)23-9-4-3-5-10-23/h6-8,12-13,18,24H,3-5,9-11H2,1-2H3. The molecule has 2 aliphatic rings. The Morgan fingerprint density at radius 3 is 2.54 bits per heavy atom. The molecule has 6 nitrogen and oxygen atoms in total. The number of phenols is 1. The van der Waals surface area contributed by atoms with Gasteiger partial charge < -0.3 is 24.2 Å². The van der Waals surface area contributed by atoms with E-state index < -0.39 is 6.10 Å². The second-order valence-electron chi connectivity index (χ2n) is 7.23. The first-order chi connectivity index (χ1) is 13.6. The van der Waals surface area contributed by atoms with Crippen LogP contribution in [0.1, 0.15) is 46.9 Å². The second kappa shape index (κ2) is 7.62. The number of esters is 1. The van der Waals surface area contributed by atoms with E-state index in [0.717, 1.165) is 42.7 Å². The van der Waals surface area contributed by atoms with Crippen molar-refractivity contribution in [2.45, 2.75) is 31.8 Å². The molecule has 0 spiro atoms. The third kappa shape index (κ3) is 3.23. The number of para-hydroxylation sites is 1. The number of fused-ring (bicyclic) bond motifs is 1.